The minimum Gasteiger partial charge on any atom is -0.469 e. The number of carbonyl (C=O) groups is 2. The van der Waals surface area contributed by atoms with Crippen LogP contribution in [0.25, 0.3) is 0 Å². The highest BCUT2D eigenvalue weighted by Crippen LogP contribution is 2.41. The molecule has 1 atom stereocenters. The molecule has 1 amide bonds. The third-order valence-electron chi connectivity index (χ3n) is 8.26. The van der Waals surface area contributed by atoms with Crippen LogP contribution in [0.4, 0.5) is 14.5 Å². The van der Waals surface area contributed by atoms with Gasteiger partial charge >= 0.3 is 5.97 Å². The first-order valence-corrected chi connectivity index (χ1v) is 13.8. The van der Waals surface area contributed by atoms with E-state index in [0.29, 0.717) is 50.4 Å². The van der Waals surface area contributed by atoms with E-state index in [-0.39, 0.29) is 25.2 Å². The van der Waals surface area contributed by atoms with E-state index < -0.39 is 23.3 Å². The minimum atomic E-state index is -2.80. The molecule has 7 heteroatoms. The van der Waals surface area contributed by atoms with Crippen LogP contribution in [0.1, 0.15) is 75.8 Å². The van der Waals surface area contributed by atoms with Crippen LogP contribution >= 0.6 is 0 Å². The molecule has 0 spiro atoms. The van der Waals surface area contributed by atoms with Gasteiger partial charge in [0, 0.05) is 37.5 Å². The second-order valence-corrected chi connectivity index (χ2v) is 11.3. The maximum absolute atomic E-state index is 14.4. The third-order valence-corrected chi connectivity index (χ3v) is 8.26. The Hall–Kier alpha value is -2.80. The van der Waals surface area contributed by atoms with Gasteiger partial charge in [-0.05, 0) is 68.0 Å². The minimum absolute atomic E-state index is 0.0481. The quantitative estimate of drug-likeness (QED) is 0.365. The molecule has 1 heterocycles. The van der Waals surface area contributed by atoms with E-state index >= 15 is 0 Å². The van der Waals surface area contributed by atoms with Crippen LogP contribution in [-0.4, -0.2) is 48.9 Å². The number of hydrogen-bond donors (Lipinski definition) is 0. The van der Waals surface area contributed by atoms with Crippen molar-refractivity contribution < 1.29 is 23.1 Å². The molecular weight excluding hydrogens is 486 g/mol. The van der Waals surface area contributed by atoms with Crippen molar-refractivity contribution in [2.24, 2.45) is 5.41 Å². The monoisotopic (exact) mass is 526 g/mol. The van der Waals surface area contributed by atoms with E-state index in [1.54, 1.807) is 24.3 Å². The Morgan fingerprint density at radius 1 is 1.03 bits per heavy atom. The topological polar surface area (TPSA) is 49.9 Å². The molecule has 1 aliphatic heterocycles. The maximum atomic E-state index is 14.4. The number of rotatable bonds is 8. The second kappa shape index (κ2) is 11.9. The molecule has 2 fully saturated rings. The molecule has 1 saturated carbocycles. The molecule has 2 aromatic carbocycles. The Labute approximate surface area is 225 Å². The molecule has 0 bridgehead atoms. The van der Waals surface area contributed by atoms with Crippen molar-refractivity contribution in [3.63, 3.8) is 0 Å². The third kappa shape index (κ3) is 6.60. The Morgan fingerprint density at radius 3 is 2.26 bits per heavy atom. The van der Waals surface area contributed by atoms with E-state index in [1.807, 2.05) is 6.07 Å². The van der Waals surface area contributed by atoms with Gasteiger partial charge in [0.15, 0.2) is 0 Å². The SMILES string of the molecule is COC(=O)C1(CC(=O)N(c2ccccc2)C2CCCC(F)(F)C2)CCN(Cc2ccc(C(C)C)cc2)CC1. The largest absolute Gasteiger partial charge is 0.469 e. The summed E-state index contributed by atoms with van der Waals surface area (Å²) in [5, 5.41) is 0. The van der Waals surface area contributed by atoms with E-state index in [4.69, 9.17) is 4.74 Å². The van der Waals surface area contributed by atoms with Gasteiger partial charge in [0.05, 0.1) is 12.5 Å². The van der Waals surface area contributed by atoms with Crippen molar-refractivity contribution in [2.75, 3.05) is 25.1 Å². The van der Waals surface area contributed by atoms with Gasteiger partial charge in [-0.1, -0.05) is 56.3 Å². The van der Waals surface area contributed by atoms with Crippen molar-refractivity contribution >= 4 is 17.6 Å². The van der Waals surface area contributed by atoms with Crippen LogP contribution in [0.2, 0.25) is 0 Å². The van der Waals surface area contributed by atoms with Gasteiger partial charge in [-0.25, -0.2) is 8.78 Å². The van der Waals surface area contributed by atoms with E-state index in [2.05, 4.69) is 43.0 Å². The maximum Gasteiger partial charge on any atom is 0.312 e. The van der Waals surface area contributed by atoms with Crippen molar-refractivity contribution in [3.05, 3.63) is 65.7 Å². The van der Waals surface area contributed by atoms with Gasteiger partial charge in [-0.15, -0.1) is 0 Å². The molecule has 2 aromatic rings. The number of halogens is 2. The summed E-state index contributed by atoms with van der Waals surface area (Å²) in [6.45, 7) is 6.43. The standard InChI is InChI=1S/C31H40F2N2O3/c1-23(2)25-13-11-24(12-14-25)22-34-18-16-30(17-19-34,29(37)38-3)21-28(36)35(26-8-5-4-6-9-26)27-10-7-15-31(32,33)20-27/h4-6,8-9,11-14,23,27H,7,10,15-22H2,1-3H3. The van der Waals surface area contributed by atoms with Crippen LogP contribution < -0.4 is 4.90 Å². The predicted molar refractivity (Wildman–Crippen MR) is 145 cm³/mol. The number of piperidine rings is 1. The summed E-state index contributed by atoms with van der Waals surface area (Å²) in [5.41, 5.74) is 2.15. The van der Waals surface area contributed by atoms with Gasteiger partial charge in [-0.2, -0.15) is 0 Å². The summed E-state index contributed by atoms with van der Waals surface area (Å²) in [6.07, 6.45) is 1.30. The van der Waals surface area contributed by atoms with Crippen molar-refractivity contribution in [1.82, 2.24) is 4.90 Å². The van der Waals surface area contributed by atoms with Gasteiger partial charge < -0.3 is 9.64 Å². The number of likely N-dealkylation sites (tertiary alicyclic amines) is 1. The lowest BCUT2D eigenvalue weighted by Crippen LogP contribution is -2.51. The Morgan fingerprint density at radius 2 is 1.68 bits per heavy atom. The van der Waals surface area contributed by atoms with Crippen LogP contribution in [0.5, 0.6) is 0 Å². The first-order valence-electron chi connectivity index (χ1n) is 13.8. The Kier molecular flexibility index (Phi) is 8.86. The summed E-state index contributed by atoms with van der Waals surface area (Å²) in [4.78, 5) is 30.8. The van der Waals surface area contributed by atoms with Crippen LogP contribution in [-0.2, 0) is 20.9 Å². The lowest BCUT2D eigenvalue weighted by Gasteiger charge is -2.42. The number of ether oxygens (including phenoxy) is 1. The number of nitrogens with zero attached hydrogens (tertiary/aromatic N) is 2. The zero-order valence-corrected chi connectivity index (χ0v) is 22.8. The van der Waals surface area contributed by atoms with Crippen LogP contribution in [0.3, 0.4) is 0 Å². The van der Waals surface area contributed by atoms with Crippen LogP contribution in [0, 0.1) is 5.41 Å². The fourth-order valence-electron chi connectivity index (χ4n) is 5.96. The number of anilines is 1. The summed E-state index contributed by atoms with van der Waals surface area (Å²) in [5.74, 6) is -3.00. The fourth-order valence-corrected chi connectivity index (χ4v) is 5.96. The average Bonchev–Trinajstić information content (AvgIpc) is 2.90. The molecule has 0 radical (unpaired) electrons. The molecule has 206 valence electrons. The van der Waals surface area contributed by atoms with E-state index in [9.17, 15) is 18.4 Å². The summed E-state index contributed by atoms with van der Waals surface area (Å²) < 4.78 is 34.0. The molecular formula is C31H40F2N2O3. The number of methoxy groups -OCH3 is 1. The van der Waals surface area contributed by atoms with E-state index in [1.165, 1.54) is 23.1 Å². The number of carbonyl (C=O) groups excluding carboxylic acids is 2. The Balaban J connectivity index is 1.49. The highest BCUT2D eigenvalue weighted by Gasteiger charge is 2.47. The normalized spacial score (nSPS) is 21.2. The van der Waals surface area contributed by atoms with Gasteiger partial charge in [-0.3, -0.25) is 14.5 Å². The van der Waals surface area contributed by atoms with Gasteiger partial charge in [0.1, 0.15) is 0 Å². The number of amides is 1. The molecule has 1 saturated heterocycles. The number of alkyl halides is 2. The first kappa shape index (κ1) is 28.2. The molecule has 1 unspecified atom stereocenters. The zero-order chi connectivity index (χ0) is 27.3. The predicted octanol–water partition coefficient (Wildman–Crippen LogP) is 6.57. The average molecular weight is 527 g/mol. The molecule has 4 rings (SSSR count). The molecule has 5 nitrogen and oxygen atoms in total. The number of esters is 1. The van der Waals surface area contributed by atoms with Crippen molar-refractivity contribution in [3.8, 4) is 0 Å². The molecule has 2 aliphatic rings. The van der Waals surface area contributed by atoms with Crippen LogP contribution in [0.15, 0.2) is 54.6 Å². The summed E-state index contributed by atoms with van der Waals surface area (Å²) >= 11 is 0. The fraction of sp³-hybridized carbons (Fsp3) is 0.548. The van der Waals surface area contributed by atoms with Gasteiger partial charge in [0.2, 0.25) is 11.8 Å². The smallest absolute Gasteiger partial charge is 0.312 e. The highest BCUT2D eigenvalue weighted by molar-refractivity contribution is 5.97. The summed E-state index contributed by atoms with van der Waals surface area (Å²) in [6, 6.07) is 17.0. The van der Waals surface area contributed by atoms with Crippen molar-refractivity contribution in [2.45, 2.75) is 83.2 Å². The highest BCUT2D eigenvalue weighted by atomic mass is 19.3. The first-order chi connectivity index (χ1) is 18.1. The Bertz CT molecular complexity index is 1080. The molecule has 0 N–H and O–H groups in total. The molecule has 38 heavy (non-hydrogen) atoms. The lowest BCUT2D eigenvalue weighted by molar-refractivity contribution is -0.158. The summed E-state index contributed by atoms with van der Waals surface area (Å²) in [7, 11) is 1.36. The number of benzene rings is 2. The lowest BCUT2D eigenvalue weighted by atomic mass is 9.74. The van der Waals surface area contributed by atoms with E-state index in [0.717, 1.165) is 6.54 Å². The molecule has 0 aromatic heterocycles. The number of hydrogen-bond acceptors (Lipinski definition) is 4. The molecule has 1 aliphatic carbocycles. The zero-order valence-electron chi connectivity index (χ0n) is 22.8. The van der Waals surface area contributed by atoms with Gasteiger partial charge in [0.25, 0.3) is 0 Å². The number of para-hydroxylation sites is 1. The second-order valence-electron chi connectivity index (χ2n) is 11.3. The van der Waals surface area contributed by atoms with Crippen molar-refractivity contribution in [1.29, 1.82) is 0 Å².